The van der Waals surface area contributed by atoms with Crippen LogP contribution in [-0.4, -0.2) is 12.0 Å². The number of carbonyl (C=O) groups is 1. The van der Waals surface area contributed by atoms with Crippen LogP contribution in [0.2, 0.25) is 0 Å². The Kier molecular flexibility index (Phi) is 6.46. The zero-order valence-electron chi connectivity index (χ0n) is 16.0. The van der Waals surface area contributed by atoms with Crippen LogP contribution in [-0.2, 0) is 21.0 Å². The van der Waals surface area contributed by atoms with Crippen LogP contribution < -0.4 is 10.1 Å². The number of nitrogens with zero attached hydrogens (tertiary/aromatic N) is 1. The van der Waals surface area contributed by atoms with Crippen molar-refractivity contribution in [3.63, 3.8) is 0 Å². The standard InChI is InChI=1S/C21H24N2O4S/c1-21(2)17-14-16(12-13-18(17)22-20(24)26-21)25-19(23-27-28)11-7-6-10-15-8-4-3-5-9-15/h3-5,8-9,12-14,28H,6-7,10-11H2,1-2H3,(H,22,24). The molecule has 1 aliphatic heterocycles. The zero-order valence-corrected chi connectivity index (χ0v) is 16.9. The molecule has 7 heteroatoms. The number of ether oxygens (including phenoxy) is 2. The first-order chi connectivity index (χ1) is 13.5. The van der Waals surface area contributed by atoms with E-state index in [0.717, 1.165) is 24.8 Å². The van der Waals surface area contributed by atoms with Crippen LogP contribution in [0.5, 0.6) is 5.75 Å². The number of benzene rings is 2. The van der Waals surface area contributed by atoms with Gasteiger partial charge in [0.1, 0.15) is 11.4 Å². The van der Waals surface area contributed by atoms with Gasteiger partial charge in [-0.05, 0) is 62.0 Å². The smallest absolute Gasteiger partial charge is 0.412 e. The number of oxime groups is 1. The van der Waals surface area contributed by atoms with E-state index in [4.69, 9.17) is 9.47 Å². The van der Waals surface area contributed by atoms with Crippen molar-refractivity contribution in [2.75, 3.05) is 5.32 Å². The van der Waals surface area contributed by atoms with E-state index in [2.05, 4.69) is 39.8 Å². The third kappa shape index (κ3) is 5.19. The second kappa shape index (κ2) is 9.01. The van der Waals surface area contributed by atoms with Crippen molar-refractivity contribution in [3.8, 4) is 5.75 Å². The molecule has 0 fully saturated rings. The Bertz CT molecular complexity index is 853. The summed E-state index contributed by atoms with van der Waals surface area (Å²) in [4.78, 5) is 11.6. The highest BCUT2D eigenvalue weighted by Crippen LogP contribution is 2.37. The van der Waals surface area contributed by atoms with E-state index in [9.17, 15) is 4.79 Å². The van der Waals surface area contributed by atoms with Crippen LogP contribution in [0, 0.1) is 0 Å². The van der Waals surface area contributed by atoms with Crippen LogP contribution in [0.15, 0.2) is 53.7 Å². The number of hydrogen-bond acceptors (Lipinski definition) is 6. The number of amides is 1. The molecule has 1 heterocycles. The lowest BCUT2D eigenvalue weighted by Crippen LogP contribution is -2.34. The quantitative estimate of drug-likeness (QED) is 0.162. The van der Waals surface area contributed by atoms with Crippen molar-refractivity contribution < 1.29 is 18.6 Å². The fourth-order valence-electron chi connectivity index (χ4n) is 3.16. The number of aryl methyl sites for hydroxylation is 1. The average Bonchev–Trinajstić information content (AvgIpc) is 2.66. The Morgan fingerprint density at radius 3 is 2.71 bits per heavy atom. The predicted octanol–water partition coefficient (Wildman–Crippen LogP) is 5.45. The van der Waals surface area contributed by atoms with Crippen molar-refractivity contribution in [3.05, 3.63) is 59.7 Å². The molecule has 148 valence electrons. The molecule has 1 amide bonds. The Morgan fingerprint density at radius 2 is 1.96 bits per heavy atom. The Labute approximate surface area is 170 Å². The van der Waals surface area contributed by atoms with Crippen molar-refractivity contribution >= 4 is 30.6 Å². The first-order valence-electron chi connectivity index (χ1n) is 9.22. The second-order valence-corrected chi connectivity index (χ2v) is 7.26. The van der Waals surface area contributed by atoms with E-state index in [0.29, 0.717) is 23.8 Å². The monoisotopic (exact) mass is 400 g/mol. The van der Waals surface area contributed by atoms with E-state index in [1.165, 1.54) is 5.56 Å². The minimum atomic E-state index is -0.746. The van der Waals surface area contributed by atoms with E-state index < -0.39 is 11.7 Å². The predicted molar refractivity (Wildman–Crippen MR) is 112 cm³/mol. The van der Waals surface area contributed by atoms with Crippen molar-refractivity contribution in [2.45, 2.75) is 45.1 Å². The summed E-state index contributed by atoms with van der Waals surface area (Å²) in [5.74, 6) is 1.04. The molecule has 2 aromatic rings. The van der Waals surface area contributed by atoms with Crippen LogP contribution in [0.3, 0.4) is 0 Å². The van der Waals surface area contributed by atoms with E-state index >= 15 is 0 Å². The minimum Gasteiger partial charge on any atom is -0.440 e. The number of thiol groups is 1. The summed E-state index contributed by atoms with van der Waals surface area (Å²) in [5, 5.41) is 6.58. The second-order valence-electron chi connectivity index (χ2n) is 7.09. The third-order valence-corrected chi connectivity index (χ3v) is 4.63. The number of carbonyl (C=O) groups excluding carboxylic acids is 1. The zero-order chi connectivity index (χ0) is 20.0. The first-order valence-corrected chi connectivity index (χ1v) is 9.58. The summed E-state index contributed by atoms with van der Waals surface area (Å²) in [6.07, 6.45) is 3.08. The normalized spacial score (nSPS) is 15.2. The molecule has 28 heavy (non-hydrogen) atoms. The molecular formula is C21H24N2O4S. The van der Waals surface area contributed by atoms with Crippen LogP contribution >= 0.6 is 12.9 Å². The largest absolute Gasteiger partial charge is 0.440 e. The summed E-state index contributed by atoms with van der Waals surface area (Å²) in [7, 11) is 0. The number of nitrogens with one attached hydrogen (secondary N) is 1. The number of rotatable bonds is 7. The molecule has 0 saturated heterocycles. The molecular weight excluding hydrogens is 376 g/mol. The molecule has 0 atom stereocenters. The molecule has 0 aliphatic carbocycles. The Hall–Kier alpha value is -2.67. The van der Waals surface area contributed by atoms with Gasteiger partial charge in [-0.15, -0.1) is 0 Å². The SMILES string of the molecule is CC1(C)OC(=O)Nc2ccc(OC(CCCCc3ccccc3)=NOS)cc21. The lowest BCUT2D eigenvalue weighted by atomic mass is 9.94. The molecule has 0 spiro atoms. The lowest BCUT2D eigenvalue weighted by molar-refractivity contribution is 0.0419. The van der Waals surface area contributed by atoms with Crippen LogP contribution in [0.1, 0.15) is 44.2 Å². The topological polar surface area (TPSA) is 69.2 Å². The van der Waals surface area contributed by atoms with E-state index in [1.807, 2.05) is 38.1 Å². The minimum absolute atomic E-state index is 0.446. The number of fused-ring (bicyclic) bond motifs is 1. The molecule has 1 aliphatic rings. The maximum absolute atomic E-state index is 11.6. The average molecular weight is 400 g/mol. The van der Waals surface area contributed by atoms with Crippen molar-refractivity contribution in [1.82, 2.24) is 0 Å². The summed E-state index contributed by atoms with van der Waals surface area (Å²) >= 11 is 3.71. The molecule has 0 unspecified atom stereocenters. The van der Waals surface area contributed by atoms with Gasteiger partial charge >= 0.3 is 6.09 Å². The molecule has 0 radical (unpaired) electrons. The van der Waals surface area contributed by atoms with Gasteiger partial charge in [-0.2, -0.15) is 0 Å². The van der Waals surface area contributed by atoms with Crippen LogP contribution in [0.4, 0.5) is 10.5 Å². The van der Waals surface area contributed by atoms with Gasteiger partial charge in [0.15, 0.2) is 0 Å². The summed E-state index contributed by atoms with van der Waals surface area (Å²) < 4.78 is 15.9. The van der Waals surface area contributed by atoms with Gasteiger partial charge in [-0.3, -0.25) is 5.32 Å². The molecule has 3 rings (SSSR count). The molecule has 0 saturated carbocycles. The highest BCUT2D eigenvalue weighted by atomic mass is 32.1. The first kappa shape index (κ1) is 20.1. The number of hydrogen-bond donors (Lipinski definition) is 2. The number of unbranched alkanes of at least 4 members (excludes halogenated alkanes) is 1. The van der Waals surface area contributed by atoms with Crippen LogP contribution in [0.25, 0.3) is 0 Å². The van der Waals surface area contributed by atoms with Gasteiger partial charge in [-0.25, -0.2) is 4.79 Å². The molecule has 6 nitrogen and oxygen atoms in total. The summed E-state index contributed by atoms with van der Waals surface area (Å²) in [6, 6.07) is 15.8. The van der Waals surface area contributed by atoms with Gasteiger partial charge in [0, 0.05) is 12.0 Å². The highest BCUT2D eigenvalue weighted by molar-refractivity contribution is 7.75. The number of cyclic esters (lactones) is 1. The van der Waals surface area contributed by atoms with Crippen molar-refractivity contribution in [1.29, 1.82) is 0 Å². The lowest BCUT2D eigenvalue weighted by Gasteiger charge is -2.32. The fraction of sp³-hybridized carbons (Fsp3) is 0.333. The number of anilines is 1. The highest BCUT2D eigenvalue weighted by Gasteiger charge is 2.33. The van der Waals surface area contributed by atoms with Gasteiger partial charge in [0.2, 0.25) is 5.90 Å². The van der Waals surface area contributed by atoms with Gasteiger partial charge in [0.25, 0.3) is 0 Å². The summed E-state index contributed by atoms with van der Waals surface area (Å²) in [6.45, 7) is 3.67. The fourth-order valence-corrected chi connectivity index (χ4v) is 3.25. The molecule has 0 aromatic heterocycles. The van der Waals surface area contributed by atoms with Crippen molar-refractivity contribution in [2.24, 2.45) is 5.16 Å². The molecule has 2 aromatic carbocycles. The molecule has 0 bridgehead atoms. The maximum Gasteiger partial charge on any atom is 0.412 e. The summed E-state index contributed by atoms with van der Waals surface area (Å²) in [5.41, 5.74) is 2.11. The Morgan fingerprint density at radius 1 is 1.18 bits per heavy atom. The van der Waals surface area contributed by atoms with Gasteiger partial charge in [-0.1, -0.05) is 30.3 Å². The maximum atomic E-state index is 11.6. The van der Waals surface area contributed by atoms with E-state index in [1.54, 1.807) is 12.1 Å². The van der Waals surface area contributed by atoms with Gasteiger partial charge < -0.3 is 13.8 Å². The van der Waals surface area contributed by atoms with E-state index in [-0.39, 0.29) is 0 Å². The van der Waals surface area contributed by atoms with Gasteiger partial charge in [0.05, 0.1) is 18.6 Å². The molecule has 1 N–H and O–H groups in total. The third-order valence-electron chi connectivity index (χ3n) is 4.55. The Balaban J connectivity index is 1.61.